The number of methoxy groups -OCH3 is 1. The van der Waals surface area contributed by atoms with Crippen molar-refractivity contribution in [1.82, 2.24) is 9.88 Å². The molecule has 0 aliphatic carbocycles. The smallest absolute Gasteiger partial charge is 0.161 e. The Morgan fingerprint density at radius 1 is 1.20 bits per heavy atom. The molecule has 2 atom stereocenters. The van der Waals surface area contributed by atoms with Crippen molar-refractivity contribution < 1.29 is 9.47 Å². The van der Waals surface area contributed by atoms with E-state index in [0.29, 0.717) is 12.5 Å². The molecule has 2 aromatic rings. The summed E-state index contributed by atoms with van der Waals surface area (Å²) >= 11 is 0. The van der Waals surface area contributed by atoms with E-state index < -0.39 is 0 Å². The van der Waals surface area contributed by atoms with Crippen LogP contribution in [-0.4, -0.2) is 36.1 Å². The van der Waals surface area contributed by atoms with Crippen molar-refractivity contribution in [2.75, 3.05) is 20.2 Å². The number of pyridine rings is 1. The Morgan fingerprint density at radius 3 is 2.68 bits per heavy atom. The van der Waals surface area contributed by atoms with Crippen LogP contribution in [-0.2, 0) is 13.2 Å². The van der Waals surface area contributed by atoms with Crippen LogP contribution in [0.15, 0.2) is 42.7 Å². The van der Waals surface area contributed by atoms with Crippen LogP contribution in [0.25, 0.3) is 0 Å². The number of hydrogen-bond donors (Lipinski definition) is 1. The van der Waals surface area contributed by atoms with Gasteiger partial charge >= 0.3 is 0 Å². The molecule has 0 amide bonds. The average molecular weight is 364 g/mol. The number of hydrogen-bond acceptors (Lipinski definition) is 5. The number of rotatable bonds is 6. The predicted molar refractivity (Wildman–Crippen MR) is 101 cm³/mol. The third kappa shape index (κ3) is 5.08. The fourth-order valence-electron chi connectivity index (χ4n) is 3.06. The lowest BCUT2D eigenvalue weighted by molar-refractivity contribution is 0.281. The van der Waals surface area contributed by atoms with Gasteiger partial charge < -0.3 is 15.2 Å². The van der Waals surface area contributed by atoms with E-state index >= 15 is 0 Å². The van der Waals surface area contributed by atoms with Gasteiger partial charge in [0, 0.05) is 43.6 Å². The van der Waals surface area contributed by atoms with Gasteiger partial charge in [0.1, 0.15) is 6.61 Å². The van der Waals surface area contributed by atoms with E-state index in [1.54, 1.807) is 13.3 Å². The molecule has 2 N–H and O–H groups in total. The van der Waals surface area contributed by atoms with Crippen LogP contribution in [0.5, 0.6) is 11.5 Å². The lowest BCUT2D eigenvalue weighted by Crippen LogP contribution is -2.28. The Morgan fingerprint density at radius 2 is 2.04 bits per heavy atom. The summed E-state index contributed by atoms with van der Waals surface area (Å²) in [7, 11) is 1.66. The molecule has 0 radical (unpaired) electrons. The highest BCUT2D eigenvalue weighted by Crippen LogP contribution is 2.30. The maximum atomic E-state index is 6.12. The molecule has 136 valence electrons. The van der Waals surface area contributed by atoms with Gasteiger partial charge in [-0.3, -0.25) is 9.88 Å². The van der Waals surface area contributed by atoms with Gasteiger partial charge in [-0.2, -0.15) is 0 Å². The summed E-state index contributed by atoms with van der Waals surface area (Å²) in [5.41, 5.74) is 8.36. The molecule has 6 heteroatoms. The first-order valence-electron chi connectivity index (χ1n) is 8.32. The molecular formula is C19H26ClN3O2. The van der Waals surface area contributed by atoms with E-state index in [2.05, 4.69) is 28.9 Å². The zero-order valence-electron chi connectivity index (χ0n) is 14.7. The molecule has 1 aliphatic heterocycles. The Hall–Kier alpha value is -1.82. The molecule has 2 heterocycles. The maximum Gasteiger partial charge on any atom is 0.161 e. The lowest BCUT2D eigenvalue weighted by atomic mass is 10.1. The Balaban J connectivity index is 0.00000225. The highest BCUT2D eigenvalue weighted by Gasteiger charge is 2.26. The number of nitrogens with zero attached hydrogens (tertiary/aromatic N) is 2. The Labute approximate surface area is 155 Å². The minimum atomic E-state index is 0. The van der Waals surface area contributed by atoms with E-state index in [4.69, 9.17) is 15.2 Å². The minimum absolute atomic E-state index is 0. The lowest BCUT2D eigenvalue weighted by Gasteiger charge is -2.17. The Kier molecular flexibility index (Phi) is 7.05. The largest absolute Gasteiger partial charge is 0.493 e. The van der Waals surface area contributed by atoms with Crippen molar-refractivity contribution in [1.29, 1.82) is 0 Å². The van der Waals surface area contributed by atoms with E-state index in [1.807, 2.05) is 24.4 Å². The van der Waals surface area contributed by atoms with Gasteiger partial charge in [0.15, 0.2) is 11.5 Å². The van der Waals surface area contributed by atoms with E-state index in [1.165, 1.54) is 5.56 Å². The third-order valence-corrected chi connectivity index (χ3v) is 4.50. The summed E-state index contributed by atoms with van der Waals surface area (Å²) in [6.45, 7) is 5.55. The molecule has 1 aromatic carbocycles. The first-order valence-corrected chi connectivity index (χ1v) is 8.32. The number of aromatic nitrogens is 1. The molecule has 5 nitrogen and oxygen atoms in total. The van der Waals surface area contributed by atoms with Crippen molar-refractivity contribution in [3.63, 3.8) is 0 Å². The molecule has 1 aliphatic rings. The fourth-order valence-corrected chi connectivity index (χ4v) is 3.06. The summed E-state index contributed by atoms with van der Waals surface area (Å²) < 4.78 is 11.4. The van der Waals surface area contributed by atoms with Crippen LogP contribution < -0.4 is 15.2 Å². The maximum absolute atomic E-state index is 6.12. The van der Waals surface area contributed by atoms with Crippen molar-refractivity contribution in [2.24, 2.45) is 11.7 Å². The quantitative estimate of drug-likeness (QED) is 0.855. The molecule has 0 bridgehead atoms. The van der Waals surface area contributed by atoms with Gasteiger partial charge in [-0.15, -0.1) is 12.4 Å². The second-order valence-electron chi connectivity index (χ2n) is 6.47. The average Bonchev–Trinajstić information content (AvgIpc) is 2.91. The standard InChI is InChI=1S/C19H25N3O2.ClH/c1-14-10-22(12-17(14)20)11-15-5-6-18(23-2)19(8-15)24-13-16-4-3-7-21-9-16;/h3-9,14,17H,10-13,20H2,1-2H3;1H. The molecule has 3 rings (SSSR count). The van der Waals surface area contributed by atoms with E-state index in [-0.39, 0.29) is 18.4 Å². The zero-order chi connectivity index (χ0) is 16.9. The highest BCUT2D eigenvalue weighted by atomic mass is 35.5. The first-order chi connectivity index (χ1) is 11.7. The van der Waals surface area contributed by atoms with Gasteiger partial charge in [-0.05, 0) is 29.7 Å². The molecule has 25 heavy (non-hydrogen) atoms. The van der Waals surface area contributed by atoms with Crippen LogP contribution in [0.4, 0.5) is 0 Å². The molecular weight excluding hydrogens is 338 g/mol. The number of nitrogens with two attached hydrogens (primary N) is 1. The molecule has 1 fully saturated rings. The van der Waals surface area contributed by atoms with Crippen LogP contribution in [0.2, 0.25) is 0 Å². The van der Waals surface area contributed by atoms with Crippen molar-refractivity contribution in [3.05, 3.63) is 53.9 Å². The van der Waals surface area contributed by atoms with Crippen LogP contribution in [0.1, 0.15) is 18.1 Å². The van der Waals surface area contributed by atoms with E-state index in [9.17, 15) is 0 Å². The van der Waals surface area contributed by atoms with Gasteiger partial charge in [-0.25, -0.2) is 0 Å². The van der Waals surface area contributed by atoms with Crippen LogP contribution in [0, 0.1) is 5.92 Å². The normalized spacial score (nSPS) is 20.1. The topological polar surface area (TPSA) is 60.6 Å². The first kappa shape index (κ1) is 19.5. The number of halogens is 1. The van der Waals surface area contributed by atoms with Gasteiger partial charge in [0.05, 0.1) is 7.11 Å². The highest BCUT2D eigenvalue weighted by molar-refractivity contribution is 5.85. The zero-order valence-corrected chi connectivity index (χ0v) is 15.5. The second-order valence-corrected chi connectivity index (χ2v) is 6.47. The third-order valence-electron chi connectivity index (χ3n) is 4.50. The van der Waals surface area contributed by atoms with E-state index in [0.717, 1.165) is 36.7 Å². The predicted octanol–water partition coefficient (Wildman–Crippen LogP) is 2.87. The SMILES string of the molecule is COc1ccc(CN2CC(C)C(N)C2)cc1OCc1cccnc1.Cl. The number of likely N-dealkylation sites (tertiary alicyclic amines) is 1. The summed E-state index contributed by atoms with van der Waals surface area (Å²) in [6, 6.07) is 10.3. The van der Waals surface area contributed by atoms with Crippen molar-refractivity contribution in [2.45, 2.75) is 26.1 Å². The Bertz CT molecular complexity index is 659. The van der Waals surface area contributed by atoms with Gasteiger partial charge in [-0.1, -0.05) is 19.1 Å². The second kappa shape index (κ2) is 9.04. The van der Waals surface area contributed by atoms with Crippen molar-refractivity contribution in [3.8, 4) is 11.5 Å². The molecule has 2 unspecified atom stereocenters. The summed E-state index contributed by atoms with van der Waals surface area (Å²) in [6.07, 6.45) is 3.57. The monoisotopic (exact) mass is 363 g/mol. The van der Waals surface area contributed by atoms with Gasteiger partial charge in [0.2, 0.25) is 0 Å². The number of ether oxygens (including phenoxy) is 2. The van der Waals surface area contributed by atoms with Crippen LogP contribution in [0.3, 0.4) is 0 Å². The summed E-state index contributed by atoms with van der Waals surface area (Å²) in [5, 5.41) is 0. The minimum Gasteiger partial charge on any atom is -0.493 e. The number of benzene rings is 1. The molecule has 1 aromatic heterocycles. The fraction of sp³-hybridized carbons (Fsp3) is 0.421. The van der Waals surface area contributed by atoms with Gasteiger partial charge in [0.25, 0.3) is 0 Å². The molecule has 0 spiro atoms. The van der Waals surface area contributed by atoms with Crippen LogP contribution >= 0.6 is 12.4 Å². The summed E-state index contributed by atoms with van der Waals surface area (Å²) in [4.78, 5) is 6.50. The summed E-state index contributed by atoms with van der Waals surface area (Å²) in [5.74, 6) is 2.05. The van der Waals surface area contributed by atoms with Crippen molar-refractivity contribution >= 4 is 12.4 Å². The molecule has 0 saturated carbocycles. The molecule has 1 saturated heterocycles.